The predicted octanol–water partition coefficient (Wildman–Crippen LogP) is 3.52. The Balaban J connectivity index is 1.82. The lowest BCUT2D eigenvalue weighted by Crippen LogP contribution is -1.98. The maximum atomic E-state index is 5.93. The van der Waals surface area contributed by atoms with Crippen molar-refractivity contribution < 1.29 is 4.74 Å². The van der Waals surface area contributed by atoms with Crippen molar-refractivity contribution in [2.75, 3.05) is 6.61 Å². The summed E-state index contributed by atoms with van der Waals surface area (Å²) < 4.78 is 5.56. The SMILES string of the molecule is Clc1ccccc1OCCC1CC1. The zero-order valence-electron chi connectivity index (χ0n) is 7.50. The van der Waals surface area contributed by atoms with Crippen molar-refractivity contribution in [3.63, 3.8) is 0 Å². The van der Waals surface area contributed by atoms with Crippen LogP contribution in [-0.4, -0.2) is 6.61 Å². The van der Waals surface area contributed by atoms with E-state index in [-0.39, 0.29) is 0 Å². The molecule has 1 fully saturated rings. The molecule has 0 amide bonds. The molecule has 1 aromatic rings. The summed E-state index contributed by atoms with van der Waals surface area (Å²) >= 11 is 5.93. The molecular formula is C11H13ClO. The Morgan fingerprint density at radius 2 is 2.08 bits per heavy atom. The highest BCUT2D eigenvalue weighted by Gasteiger charge is 2.20. The van der Waals surface area contributed by atoms with E-state index >= 15 is 0 Å². The van der Waals surface area contributed by atoms with Crippen molar-refractivity contribution in [1.29, 1.82) is 0 Å². The van der Waals surface area contributed by atoms with Gasteiger partial charge in [-0.25, -0.2) is 0 Å². The first-order valence-electron chi connectivity index (χ1n) is 4.73. The fourth-order valence-electron chi connectivity index (χ4n) is 1.30. The van der Waals surface area contributed by atoms with Crippen LogP contribution in [0.25, 0.3) is 0 Å². The molecule has 70 valence electrons. The Bertz CT molecular complexity index is 281. The van der Waals surface area contributed by atoms with Gasteiger partial charge in [0.05, 0.1) is 11.6 Å². The highest BCUT2D eigenvalue weighted by Crippen LogP contribution is 2.32. The average Bonchev–Trinajstić information content (AvgIpc) is 2.92. The largest absolute Gasteiger partial charge is 0.492 e. The average molecular weight is 197 g/mol. The molecule has 1 nitrogen and oxygen atoms in total. The lowest BCUT2D eigenvalue weighted by atomic mass is 10.3. The van der Waals surface area contributed by atoms with Crippen molar-refractivity contribution in [2.45, 2.75) is 19.3 Å². The van der Waals surface area contributed by atoms with E-state index in [9.17, 15) is 0 Å². The molecule has 2 rings (SSSR count). The standard InChI is InChI=1S/C11H13ClO/c12-10-3-1-2-4-11(10)13-8-7-9-5-6-9/h1-4,9H,5-8H2. The number of ether oxygens (including phenoxy) is 1. The van der Waals surface area contributed by atoms with Gasteiger partial charge in [-0.15, -0.1) is 0 Å². The number of halogens is 1. The Labute approximate surface area is 83.7 Å². The van der Waals surface area contributed by atoms with Crippen LogP contribution in [0.3, 0.4) is 0 Å². The number of hydrogen-bond donors (Lipinski definition) is 0. The molecule has 0 aromatic heterocycles. The summed E-state index contributed by atoms with van der Waals surface area (Å²) in [5, 5.41) is 0.707. The molecule has 0 saturated heterocycles. The molecule has 0 bridgehead atoms. The topological polar surface area (TPSA) is 9.23 Å². The summed E-state index contributed by atoms with van der Waals surface area (Å²) in [6, 6.07) is 7.62. The Hall–Kier alpha value is -0.690. The fourth-order valence-corrected chi connectivity index (χ4v) is 1.49. The molecule has 0 unspecified atom stereocenters. The van der Waals surface area contributed by atoms with Crippen molar-refractivity contribution in [3.05, 3.63) is 29.3 Å². The maximum absolute atomic E-state index is 5.93. The molecule has 0 aliphatic heterocycles. The van der Waals surface area contributed by atoms with Gasteiger partial charge in [0.15, 0.2) is 0 Å². The van der Waals surface area contributed by atoms with E-state index in [4.69, 9.17) is 16.3 Å². The minimum atomic E-state index is 0.707. The molecule has 0 N–H and O–H groups in total. The molecule has 13 heavy (non-hydrogen) atoms. The molecule has 0 heterocycles. The monoisotopic (exact) mass is 196 g/mol. The van der Waals surface area contributed by atoms with Gasteiger partial charge >= 0.3 is 0 Å². The van der Waals surface area contributed by atoms with Crippen LogP contribution in [0, 0.1) is 5.92 Å². The molecular weight excluding hydrogens is 184 g/mol. The molecule has 0 radical (unpaired) electrons. The number of rotatable bonds is 4. The fraction of sp³-hybridized carbons (Fsp3) is 0.455. The van der Waals surface area contributed by atoms with E-state index in [2.05, 4.69) is 0 Å². The number of benzene rings is 1. The second-order valence-corrected chi connectivity index (χ2v) is 3.92. The van der Waals surface area contributed by atoms with Crippen LogP contribution in [0.2, 0.25) is 5.02 Å². The van der Waals surface area contributed by atoms with Gasteiger partial charge in [0.2, 0.25) is 0 Å². The van der Waals surface area contributed by atoms with Gasteiger partial charge < -0.3 is 4.74 Å². The maximum Gasteiger partial charge on any atom is 0.137 e. The van der Waals surface area contributed by atoms with Crippen LogP contribution >= 0.6 is 11.6 Å². The second kappa shape index (κ2) is 4.01. The first-order valence-corrected chi connectivity index (χ1v) is 5.11. The summed E-state index contributed by atoms with van der Waals surface area (Å²) in [5.74, 6) is 1.73. The van der Waals surface area contributed by atoms with Crippen LogP contribution < -0.4 is 4.74 Å². The number of para-hydroxylation sites is 1. The molecule has 0 spiro atoms. The van der Waals surface area contributed by atoms with Crippen molar-refractivity contribution >= 4 is 11.6 Å². The van der Waals surface area contributed by atoms with Gasteiger partial charge in [0.25, 0.3) is 0 Å². The smallest absolute Gasteiger partial charge is 0.137 e. The lowest BCUT2D eigenvalue weighted by molar-refractivity contribution is 0.302. The normalized spacial score (nSPS) is 15.8. The molecule has 1 aromatic carbocycles. The first-order chi connectivity index (χ1) is 6.36. The zero-order valence-corrected chi connectivity index (χ0v) is 8.26. The Morgan fingerprint density at radius 3 is 2.77 bits per heavy atom. The van der Waals surface area contributed by atoms with E-state index in [1.165, 1.54) is 19.3 Å². The van der Waals surface area contributed by atoms with E-state index in [1.807, 2.05) is 24.3 Å². The van der Waals surface area contributed by atoms with E-state index < -0.39 is 0 Å². The quantitative estimate of drug-likeness (QED) is 0.716. The van der Waals surface area contributed by atoms with Gasteiger partial charge in [0, 0.05) is 0 Å². The molecule has 2 heteroatoms. The summed E-state index contributed by atoms with van der Waals surface area (Å²) in [5.41, 5.74) is 0. The zero-order chi connectivity index (χ0) is 9.10. The minimum absolute atomic E-state index is 0.707. The summed E-state index contributed by atoms with van der Waals surface area (Å²) in [4.78, 5) is 0. The highest BCUT2D eigenvalue weighted by molar-refractivity contribution is 6.32. The highest BCUT2D eigenvalue weighted by atomic mass is 35.5. The minimum Gasteiger partial charge on any atom is -0.492 e. The Kier molecular flexibility index (Phi) is 2.74. The van der Waals surface area contributed by atoms with Gasteiger partial charge in [0.1, 0.15) is 5.75 Å². The van der Waals surface area contributed by atoms with Gasteiger partial charge in [-0.2, -0.15) is 0 Å². The third-order valence-corrected chi connectivity index (χ3v) is 2.63. The third kappa shape index (κ3) is 2.63. The lowest BCUT2D eigenvalue weighted by Gasteiger charge is -2.06. The van der Waals surface area contributed by atoms with Crippen molar-refractivity contribution in [3.8, 4) is 5.75 Å². The van der Waals surface area contributed by atoms with E-state index in [0.717, 1.165) is 18.3 Å². The van der Waals surface area contributed by atoms with Gasteiger partial charge in [-0.05, 0) is 24.5 Å². The first kappa shape index (κ1) is 8.89. The summed E-state index contributed by atoms with van der Waals surface area (Å²) in [6.07, 6.45) is 3.93. The second-order valence-electron chi connectivity index (χ2n) is 3.51. The predicted molar refractivity (Wildman–Crippen MR) is 54.3 cm³/mol. The van der Waals surface area contributed by atoms with Crippen molar-refractivity contribution in [2.24, 2.45) is 5.92 Å². The third-order valence-electron chi connectivity index (χ3n) is 2.32. The van der Waals surface area contributed by atoms with Crippen LogP contribution in [0.1, 0.15) is 19.3 Å². The van der Waals surface area contributed by atoms with Crippen LogP contribution in [0.5, 0.6) is 5.75 Å². The molecule has 1 aliphatic carbocycles. The molecule has 1 aliphatic rings. The Morgan fingerprint density at radius 1 is 1.31 bits per heavy atom. The number of hydrogen-bond acceptors (Lipinski definition) is 1. The van der Waals surface area contributed by atoms with Gasteiger partial charge in [-0.1, -0.05) is 36.6 Å². The van der Waals surface area contributed by atoms with Gasteiger partial charge in [-0.3, -0.25) is 0 Å². The van der Waals surface area contributed by atoms with Crippen LogP contribution in [-0.2, 0) is 0 Å². The van der Waals surface area contributed by atoms with E-state index in [1.54, 1.807) is 0 Å². The summed E-state index contributed by atoms with van der Waals surface area (Å²) in [7, 11) is 0. The molecule has 1 saturated carbocycles. The van der Waals surface area contributed by atoms with Crippen LogP contribution in [0.15, 0.2) is 24.3 Å². The molecule has 0 atom stereocenters. The summed E-state index contributed by atoms with van der Waals surface area (Å²) in [6.45, 7) is 0.800. The van der Waals surface area contributed by atoms with E-state index in [0.29, 0.717) is 5.02 Å². The van der Waals surface area contributed by atoms with Crippen molar-refractivity contribution in [1.82, 2.24) is 0 Å². The van der Waals surface area contributed by atoms with Crippen LogP contribution in [0.4, 0.5) is 0 Å².